The van der Waals surface area contributed by atoms with Crippen LogP contribution in [0.1, 0.15) is 27.2 Å². The zero-order valence-electron chi connectivity index (χ0n) is 12.4. The lowest BCUT2D eigenvalue weighted by atomic mass is 9.64. The molecule has 1 aromatic rings. The van der Waals surface area contributed by atoms with Gasteiger partial charge in [-0.2, -0.15) is 0 Å². The molecule has 0 radical (unpaired) electrons. The Morgan fingerprint density at radius 1 is 1.48 bits per heavy atom. The van der Waals surface area contributed by atoms with Crippen molar-refractivity contribution in [1.29, 1.82) is 0 Å². The van der Waals surface area contributed by atoms with Crippen LogP contribution in [0.3, 0.4) is 0 Å². The maximum atomic E-state index is 11.4. The first kappa shape index (κ1) is 16.5. The number of benzene rings is 1. The molecular formula is C14H21ClN2O3S. The maximum absolute atomic E-state index is 11.4. The summed E-state index contributed by atoms with van der Waals surface area (Å²) in [7, 11) is -3.74. The third-order valence-corrected chi connectivity index (χ3v) is 5.38. The van der Waals surface area contributed by atoms with E-state index in [9.17, 15) is 8.42 Å². The van der Waals surface area contributed by atoms with Crippen LogP contribution in [0.2, 0.25) is 5.02 Å². The highest BCUT2D eigenvalue weighted by Crippen LogP contribution is 2.45. The van der Waals surface area contributed by atoms with Gasteiger partial charge in [-0.3, -0.25) is 0 Å². The monoisotopic (exact) mass is 332 g/mol. The molecule has 3 N–H and O–H groups in total. The van der Waals surface area contributed by atoms with Gasteiger partial charge in [0.05, 0.1) is 21.7 Å². The summed E-state index contributed by atoms with van der Waals surface area (Å²) in [5.41, 5.74) is 0.535. The lowest BCUT2D eigenvalue weighted by Gasteiger charge is -2.52. The summed E-state index contributed by atoms with van der Waals surface area (Å²) in [5.74, 6) is 0. The Morgan fingerprint density at radius 3 is 2.67 bits per heavy atom. The van der Waals surface area contributed by atoms with E-state index in [0.717, 1.165) is 6.42 Å². The summed E-state index contributed by atoms with van der Waals surface area (Å²) in [6.07, 6.45) is 1.05. The second kappa shape index (κ2) is 5.76. The molecule has 2 unspecified atom stereocenters. The third-order valence-electron chi connectivity index (χ3n) is 4.14. The number of hydrogen-bond donors (Lipinski definition) is 2. The molecule has 0 aromatic heterocycles. The van der Waals surface area contributed by atoms with Crippen LogP contribution in [0.25, 0.3) is 0 Å². The molecule has 2 atom stereocenters. The van der Waals surface area contributed by atoms with Crippen molar-refractivity contribution in [3.63, 3.8) is 0 Å². The molecule has 118 valence electrons. The molecule has 1 aromatic carbocycles. The lowest BCUT2D eigenvalue weighted by Crippen LogP contribution is -2.58. The van der Waals surface area contributed by atoms with Crippen molar-refractivity contribution in [2.45, 2.75) is 44.2 Å². The highest BCUT2D eigenvalue weighted by atomic mass is 35.5. The molecule has 0 saturated heterocycles. The van der Waals surface area contributed by atoms with Gasteiger partial charge in [-0.1, -0.05) is 25.4 Å². The third kappa shape index (κ3) is 3.34. The molecule has 1 fully saturated rings. The minimum atomic E-state index is -3.74. The number of primary sulfonamides is 1. The predicted octanol–water partition coefficient (Wildman–Crippen LogP) is 2.60. The molecule has 1 saturated carbocycles. The van der Waals surface area contributed by atoms with Crippen LogP contribution in [0.15, 0.2) is 23.1 Å². The fourth-order valence-corrected chi connectivity index (χ4v) is 3.31. The molecule has 7 heteroatoms. The van der Waals surface area contributed by atoms with E-state index in [-0.39, 0.29) is 22.5 Å². The number of nitrogens with one attached hydrogen (secondary N) is 1. The van der Waals surface area contributed by atoms with Crippen LogP contribution in [-0.4, -0.2) is 27.2 Å². The van der Waals surface area contributed by atoms with Crippen molar-refractivity contribution in [2.75, 3.05) is 11.9 Å². The topological polar surface area (TPSA) is 81.4 Å². The van der Waals surface area contributed by atoms with E-state index in [1.807, 2.05) is 6.92 Å². The quantitative estimate of drug-likeness (QED) is 0.868. The Labute approximate surface area is 130 Å². The molecule has 2 rings (SSSR count). The van der Waals surface area contributed by atoms with Gasteiger partial charge in [-0.15, -0.1) is 0 Å². The lowest BCUT2D eigenvalue weighted by molar-refractivity contribution is -0.0975. The van der Waals surface area contributed by atoms with Crippen LogP contribution >= 0.6 is 11.6 Å². The molecule has 1 aliphatic rings. The summed E-state index contributed by atoms with van der Waals surface area (Å²) in [5, 5.41) is 8.93. The second-order valence-electron chi connectivity index (χ2n) is 5.88. The first-order chi connectivity index (χ1) is 9.66. The Hall–Kier alpha value is -0.820. The standard InChI is InChI=1S/C14H21ClN2O3S/c1-4-20-13-8-12(14(13,2)3)17-11-7-9(21(16,18)19)5-6-10(11)15/h5-7,12-13,17H,4,8H2,1-3H3,(H2,16,18,19). The van der Waals surface area contributed by atoms with E-state index in [1.165, 1.54) is 18.2 Å². The number of anilines is 1. The predicted molar refractivity (Wildman–Crippen MR) is 84.0 cm³/mol. The summed E-state index contributed by atoms with van der Waals surface area (Å²) >= 11 is 6.13. The molecule has 0 heterocycles. The van der Waals surface area contributed by atoms with Gasteiger partial charge in [0.2, 0.25) is 10.0 Å². The molecule has 0 bridgehead atoms. The number of hydrogen-bond acceptors (Lipinski definition) is 4. The van der Waals surface area contributed by atoms with E-state index in [1.54, 1.807) is 0 Å². The van der Waals surface area contributed by atoms with Gasteiger partial charge in [0.15, 0.2) is 0 Å². The van der Waals surface area contributed by atoms with Gasteiger partial charge in [0.25, 0.3) is 0 Å². The number of nitrogens with two attached hydrogens (primary N) is 1. The molecule has 5 nitrogen and oxygen atoms in total. The highest BCUT2D eigenvalue weighted by molar-refractivity contribution is 7.89. The average molecular weight is 333 g/mol. The molecule has 0 amide bonds. The van der Waals surface area contributed by atoms with Gasteiger partial charge in [-0.25, -0.2) is 13.6 Å². The zero-order valence-corrected chi connectivity index (χ0v) is 14.0. The normalized spacial score (nSPS) is 24.4. The summed E-state index contributed by atoms with van der Waals surface area (Å²) < 4.78 is 28.5. The molecule has 0 spiro atoms. The first-order valence-corrected chi connectivity index (χ1v) is 8.79. The average Bonchev–Trinajstić information content (AvgIpc) is 2.38. The minimum Gasteiger partial charge on any atom is -0.380 e. The Morgan fingerprint density at radius 2 is 2.14 bits per heavy atom. The van der Waals surface area contributed by atoms with Crippen LogP contribution in [0, 0.1) is 5.41 Å². The van der Waals surface area contributed by atoms with Crippen molar-refractivity contribution in [1.82, 2.24) is 0 Å². The number of halogens is 1. The first-order valence-electron chi connectivity index (χ1n) is 6.86. The number of rotatable bonds is 5. The van der Waals surface area contributed by atoms with E-state index in [0.29, 0.717) is 17.3 Å². The molecule has 0 aliphatic heterocycles. The minimum absolute atomic E-state index is 0.0447. The largest absolute Gasteiger partial charge is 0.380 e. The van der Waals surface area contributed by atoms with Crippen LogP contribution in [-0.2, 0) is 14.8 Å². The van der Waals surface area contributed by atoms with Crippen LogP contribution in [0.5, 0.6) is 0 Å². The van der Waals surface area contributed by atoms with Crippen molar-refractivity contribution in [3.05, 3.63) is 23.2 Å². The highest BCUT2D eigenvalue weighted by Gasteiger charge is 2.49. The summed E-state index contributed by atoms with van der Waals surface area (Å²) in [4.78, 5) is 0.0490. The van der Waals surface area contributed by atoms with Crippen molar-refractivity contribution >= 4 is 27.3 Å². The van der Waals surface area contributed by atoms with Gasteiger partial charge in [0, 0.05) is 18.1 Å². The van der Waals surface area contributed by atoms with E-state index >= 15 is 0 Å². The number of sulfonamides is 1. The number of ether oxygens (including phenoxy) is 1. The molecule has 1 aliphatic carbocycles. The summed E-state index contributed by atoms with van der Waals surface area (Å²) in [6.45, 7) is 6.89. The Bertz CT molecular complexity index is 631. The van der Waals surface area contributed by atoms with Crippen molar-refractivity contribution in [3.8, 4) is 0 Å². The van der Waals surface area contributed by atoms with Gasteiger partial charge in [0.1, 0.15) is 0 Å². The van der Waals surface area contributed by atoms with E-state index in [4.69, 9.17) is 21.5 Å². The second-order valence-corrected chi connectivity index (χ2v) is 7.85. The molecule has 21 heavy (non-hydrogen) atoms. The fourth-order valence-electron chi connectivity index (χ4n) is 2.59. The van der Waals surface area contributed by atoms with E-state index in [2.05, 4.69) is 19.2 Å². The Balaban J connectivity index is 2.18. The SMILES string of the molecule is CCOC1CC(Nc2cc(S(N)(=O)=O)ccc2Cl)C1(C)C. The van der Waals surface area contributed by atoms with E-state index < -0.39 is 10.0 Å². The van der Waals surface area contributed by atoms with Crippen LogP contribution < -0.4 is 10.5 Å². The maximum Gasteiger partial charge on any atom is 0.238 e. The van der Waals surface area contributed by atoms with Gasteiger partial charge >= 0.3 is 0 Å². The van der Waals surface area contributed by atoms with Gasteiger partial charge < -0.3 is 10.1 Å². The van der Waals surface area contributed by atoms with Crippen molar-refractivity contribution in [2.24, 2.45) is 10.6 Å². The van der Waals surface area contributed by atoms with Crippen molar-refractivity contribution < 1.29 is 13.2 Å². The fraction of sp³-hybridized carbons (Fsp3) is 0.571. The zero-order chi connectivity index (χ0) is 15.8. The molecular weight excluding hydrogens is 312 g/mol. The smallest absolute Gasteiger partial charge is 0.238 e. The van der Waals surface area contributed by atoms with Crippen LogP contribution in [0.4, 0.5) is 5.69 Å². The Kier molecular flexibility index (Phi) is 4.54. The van der Waals surface area contributed by atoms with Gasteiger partial charge in [-0.05, 0) is 31.5 Å². The summed E-state index contributed by atoms with van der Waals surface area (Å²) in [6, 6.07) is 4.58.